The number of methoxy groups -OCH3 is 1. The summed E-state index contributed by atoms with van der Waals surface area (Å²) in [4.78, 5) is 12.4. The number of hydrazone groups is 1. The summed E-state index contributed by atoms with van der Waals surface area (Å²) in [6.07, 6.45) is 3.13. The highest BCUT2D eigenvalue weighted by atomic mass is 19.1. The van der Waals surface area contributed by atoms with Crippen LogP contribution < -0.4 is 19.6 Å². The van der Waals surface area contributed by atoms with Gasteiger partial charge in [-0.15, -0.1) is 0 Å². The van der Waals surface area contributed by atoms with Crippen LogP contribution in [0.2, 0.25) is 0 Å². The summed E-state index contributed by atoms with van der Waals surface area (Å²) in [6.45, 7) is 4.17. The molecule has 0 spiro atoms. The molecule has 3 aromatic carbocycles. The van der Waals surface area contributed by atoms with E-state index in [1.54, 1.807) is 54.6 Å². The van der Waals surface area contributed by atoms with E-state index >= 15 is 0 Å². The Bertz CT molecular complexity index is 1110. The van der Waals surface area contributed by atoms with E-state index in [2.05, 4.69) is 17.1 Å². The molecular weight excluding hydrogens is 411 g/mol. The van der Waals surface area contributed by atoms with Crippen molar-refractivity contribution in [3.05, 3.63) is 102 Å². The first-order chi connectivity index (χ1) is 15.6. The highest BCUT2D eigenvalue weighted by Gasteiger charge is 2.10. The number of ether oxygens (including phenoxy) is 3. The Morgan fingerprint density at radius 1 is 1.06 bits per heavy atom. The fourth-order valence-corrected chi connectivity index (χ4v) is 2.78. The SMILES string of the molecule is C=CCOc1ccc(C(=O)N/N=C/c2cccc(OCc3cccc(F)c3)c2)cc1OC. The van der Waals surface area contributed by atoms with E-state index in [-0.39, 0.29) is 12.4 Å². The molecule has 1 amide bonds. The lowest BCUT2D eigenvalue weighted by Gasteiger charge is -2.10. The molecule has 0 aliphatic rings. The van der Waals surface area contributed by atoms with Crippen LogP contribution in [-0.2, 0) is 6.61 Å². The molecule has 164 valence electrons. The standard InChI is InChI=1S/C25H23FN2O4/c1-3-12-31-23-11-10-20(15-24(23)30-2)25(29)28-27-16-18-6-5-9-22(14-18)32-17-19-7-4-8-21(26)13-19/h3-11,13-16H,1,12,17H2,2H3,(H,28,29)/b27-16+. The molecule has 0 atom stereocenters. The molecule has 3 rings (SSSR count). The number of carbonyl (C=O) groups is 1. The monoisotopic (exact) mass is 434 g/mol. The fourth-order valence-electron chi connectivity index (χ4n) is 2.78. The first-order valence-corrected chi connectivity index (χ1v) is 9.81. The second-order valence-corrected chi connectivity index (χ2v) is 6.66. The van der Waals surface area contributed by atoms with Crippen molar-refractivity contribution in [1.29, 1.82) is 0 Å². The predicted molar refractivity (Wildman–Crippen MR) is 121 cm³/mol. The van der Waals surface area contributed by atoms with Gasteiger partial charge in [0.1, 0.15) is 24.8 Å². The van der Waals surface area contributed by atoms with E-state index in [9.17, 15) is 9.18 Å². The maximum Gasteiger partial charge on any atom is 0.271 e. The molecule has 0 aliphatic heterocycles. The van der Waals surface area contributed by atoms with Crippen molar-refractivity contribution in [3.8, 4) is 17.2 Å². The minimum atomic E-state index is -0.395. The first kappa shape index (κ1) is 22.6. The molecule has 0 aromatic heterocycles. The van der Waals surface area contributed by atoms with Crippen molar-refractivity contribution in [1.82, 2.24) is 5.43 Å². The van der Waals surface area contributed by atoms with Gasteiger partial charge in [0.15, 0.2) is 11.5 Å². The van der Waals surface area contributed by atoms with E-state index in [0.29, 0.717) is 29.4 Å². The Balaban J connectivity index is 1.59. The molecule has 0 fully saturated rings. The van der Waals surface area contributed by atoms with Gasteiger partial charge in [-0.1, -0.05) is 36.9 Å². The van der Waals surface area contributed by atoms with Gasteiger partial charge in [0, 0.05) is 5.56 Å². The number of benzene rings is 3. The highest BCUT2D eigenvalue weighted by molar-refractivity contribution is 5.95. The summed E-state index contributed by atoms with van der Waals surface area (Å²) in [5.41, 5.74) is 4.31. The normalized spacial score (nSPS) is 10.6. The minimum absolute atomic E-state index is 0.240. The molecule has 0 unspecified atom stereocenters. The van der Waals surface area contributed by atoms with Crippen LogP contribution in [0, 0.1) is 5.82 Å². The zero-order valence-electron chi connectivity index (χ0n) is 17.6. The zero-order chi connectivity index (χ0) is 22.8. The third-order valence-corrected chi connectivity index (χ3v) is 4.31. The van der Waals surface area contributed by atoms with Gasteiger partial charge in [0.05, 0.1) is 13.3 Å². The largest absolute Gasteiger partial charge is 0.493 e. The van der Waals surface area contributed by atoms with Crippen molar-refractivity contribution >= 4 is 12.1 Å². The van der Waals surface area contributed by atoms with Crippen LogP contribution in [0.3, 0.4) is 0 Å². The van der Waals surface area contributed by atoms with Crippen LogP contribution in [0.5, 0.6) is 17.2 Å². The van der Waals surface area contributed by atoms with E-state index in [4.69, 9.17) is 14.2 Å². The molecule has 0 radical (unpaired) electrons. The number of amides is 1. The maximum atomic E-state index is 13.3. The molecule has 1 N–H and O–H groups in total. The number of carbonyl (C=O) groups excluding carboxylic acids is 1. The molecule has 0 aliphatic carbocycles. The molecule has 0 heterocycles. The topological polar surface area (TPSA) is 69.2 Å². The summed E-state index contributed by atoms with van der Waals surface area (Å²) in [6, 6.07) is 18.3. The summed E-state index contributed by atoms with van der Waals surface area (Å²) in [5.74, 6) is 0.853. The fraction of sp³-hybridized carbons (Fsp3) is 0.120. The third kappa shape index (κ3) is 6.43. The van der Waals surface area contributed by atoms with E-state index in [1.807, 2.05) is 6.07 Å². The Morgan fingerprint density at radius 3 is 2.69 bits per heavy atom. The number of hydrogen-bond donors (Lipinski definition) is 1. The lowest BCUT2D eigenvalue weighted by molar-refractivity contribution is 0.0954. The summed E-state index contributed by atoms with van der Waals surface area (Å²) in [5, 5.41) is 4.00. The quantitative estimate of drug-likeness (QED) is 0.284. The van der Waals surface area contributed by atoms with E-state index in [1.165, 1.54) is 25.5 Å². The number of rotatable bonds is 10. The summed E-state index contributed by atoms with van der Waals surface area (Å²) < 4.78 is 29.7. The molecule has 0 saturated heterocycles. The van der Waals surface area contributed by atoms with Crippen molar-refractivity contribution in [2.75, 3.05) is 13.7 Å². The zero-order valence-corrected chi connectivity index (χ0v) is 17.6. The number of nitrogens with one attached hydrogen (secondary N) is 1. The average molecular weight is 434 g/mol. The molecular formula is C25H23FN2O4. The molecule has 7 heteroatoms. The second kappa shape index (κ2) is 11.3. The van der Waals surface area contributed by atoms with Gasteiger partial charge in [0.25, 0.3) is 5.91 Å². The van der Waals surface area contributed by atoms with Gasteiger partial charge in [0.2, 0.25) is 0 Å². The van der Waals surface area contributed by atoms with Crippen molar-refractivity contribution in [2.45, 2.75) is 6.61 Å². The van der Waals surface area contributed by atoms with Crippen LogP contribution in [0.1, 0.15) is 21.5 Å². The van der Waals surface area contributed by atoms with Gasteiger partial charge in [-0.05, 0) is 53.6 Å². The lowest BCUT2D eigenvalue weighted by Crippen LogP contribution is -2.17. The van der Waals surface area contributed by atoms with Crippen LogP contribution in [0.25, 0.3) is 0 Å². The molecule has 0 bridgehead atoms. The van der Waals surface area contributed by atoms with Gasteiger partial charge < -0.3 is 14.2 Å². The number of halogens is 1. The average Bonchev–Trinajstić information content (AvgIpc) is 2.81. The van der Waals surface area contributed by atoms with Crippen LogP contribution in [0.15, 0.2) is 84.5 Å². The summed E-state index contributed by atoms with van der Waals surface area (Å²) in [7, 11) is 1.50. The van der Waals surface area contributed by atoms with Gasteiger partial charge >= 0.3 is 0 Å². The smallest absolute Gasteiger partial charge is 0.271 e. The molecule has 32 heavy (non-hydrogen) atoms. The van der Waals surface area contributed by atoms with Crippen molar-refractivity contribution in [3.63, 3.8) is 0 Å². The van der Waals surface area contributed by atoms with Gasteiger partial charge in [-0.25, -0.2) is 9.82 Å². The Hall–Kier alpha value is -4.13. The third-order valence-electron chi connectivity index (χ3n) is 4.31. The maximum absolute atomic E-state index is 13.3. The van der Waals surface area contributed by atoms with Crippen LogP contribution >= 0.6 is 0 Å². The predicted octanol–water partition coefficient (Wildman–Crippen LogP) is 4.74. The lowest BCUT2D eigenvalue weighted by atomic mass is 10.2. The molecule has 0 saturated carbocycles. The first-order valence-electron chi connectivity index (χ1n) is 9.81. The minimum Gasteiger partial charge on any atom is -0.493 e. The second-order valence-electron chi connectivity index (χ2n) is 6.66. The Kier molecular flexibility index (Phi) is 7.97. The van der Waals surface area contributed by atoms with Gasteiger partial charge in [-0.3, -0.25) is 4.79 Å². The number of nitrogens with zero attached hydrogens (tertiary/aromatic N) is 1. The van der Waals surface area contributed by atoms with Gasteiger partial charge in [-0.2, -0.15) is 5.10 Å². The Morgan fingerprint density at radius 2 is 1.91 bits per heavy atom. The van der Waals surface area contributed by atoms with Crippen molar-refractivity contribution < 1.29 is 23.4 Å². The number of hydrogen-bond acceptors (Lipinski definition) is 5. The molecule has 3 aromatic rings. The Labute approximate surface area is 185 Å². The molecule has 6 nitrogen and oxygen atoms in total. The highest BCUT2D eigenvalue weighted by Crippen LogP contribution is 2.28. The van der Waals surface area contributed by atoms with Crippen LogP contribution in [0.4, 0.5) is 4.39 Å². The van der Waals surface area contributed by atoms with E-state index < -0.39 is 5.91 Å². The summed E-state index contributed by atoms with van der Waals surface area (Å²) >= 11 is 0. The van der Waals surface area contributed by atoms with Crippen LogP contribution in [-0.4, -0.2) is 25.8 Å². The van der Waals surface area contributed by atoms with E-state index in [0.717, 1.165) is 11.1 Å². The van der Waals surface area contributed by atoms with Crippen molar-refractivity contribution in [2.24, 2.45) is 5.10 Å².